The predicted octanol–water partition coefficient (Wildman–Crippen LogP) is 2.73. The average Bonchev–Trinajstić information content (AvgIpc) is 3.15. The maximum atomic E-state index is 5.24. The Morgan fingerprint density at radius 3 is 2.74 bits per heavy atom. The molecule has 0 aliphatic carbocycles. The minimum absolute atomic E-state index is 0.730. The van der Waals surface area contributed by atoms with E-state index in [1.807, 2.05) is 12.4 Å². The molecule has 0 spiro atoms. The number of ether oxygens (including phenoxy) is 1. The molecule has 3 rings (SSSR count). The summed E-state index contributed by atoms with van der Waals surface area (Å²) in [5.41, 5.74) is 1.34. The van der Waals surface area contributed by atoms with E-state index in [0.29, 0.717) is 0 Å². The van der Waals surface area contributed by atoms with Crippen molar-refractivity contribution in [1.82, 2.24) is 19.7 Å². The molecule has 1 aromatic rings. The minimum Gasteiger partial charge on any atom is -0.383 e. The van der Waals surface area contributed by atoms with Crippen molar-refractivity contribution in [2.24, 2.45) is 5.92 Å². The molecule has 1 unspecified atom stereocenters. The van der Waals surface area contributed by atoms with E-state index >= 15 is 0 Å². The van der Waals surface area contributed by atoms with Crippen LogP contribution in [0.2, 0.25) is 0 Å². The smallest absolute Gasteiger partial charge is 0.0589 e. The van der Waals surface area contributed by atoms with Crippen LogP contribution in [0.4, 0.5) is 0 Å². The predicted molar refractivity (Wildman–Crippen MR) is 111 cm³/mol. The van der Waals surface area contributed by atoms with Crippen LogP contribution in [-0.4, -0.2) is 85.3 Å². The zero-order valence-corrected chi connectivity index (χ0v) is 17.4. The number of piperidine rings is 1. The molecule has 27 heavy (non-hydrogen) atoms. The Hall–Kier alpha value is -1.01. The Balaban J connectivity index is 1.55. The first-order chi connectivity index (χ1) is 13.3. The van der Waals surface area contributed by atoms with E-state index in [9.17, 15) is 0 Å². The third kappa shape index (κ3) is 6.53. The highest BCUT2D eigenvalue weighted by molar-refractivity contribution is 5.08. The van der Waals surface area contributed by atoms with Gasteiger partial charge in [-0.2, -0.15) is 0 Å². The van der Waals surface area contributed by atoms with E-state index in [-0.39, 0.29) is 0 Å². The first kappa shape index (κ1) is 20.7. The number of nitrogens with zero attached hydrogens (tertiary/aromatic N) is 4. The molecular weight excluding hydrogens is 336 g/mol. The summed E-state index contributed by atoms with van der Waals surface area (Å²) in [5, 5.41) is 0. The largest absolute Gasteiger partial charge is 0.383 e. The zero-order valence-electron chi connectivity index (χ0n) is 17.4. The van der Waals surface area contributed by atoms with Gasteiger partial charge in [0.2, 0.25) is 0 Å². The molecule has 1 aromatic heterocycles. The number of rotatable bonds is 10. The number of aromatic nitrogens is 1. The highest BCUT2D eigenvalue weighted by Gasteiger charge is 2.27. The van der Waals surface area contributed by atoms with E-state index in [1.54, 1.807) is 7.11 Å². The summed E-state index contributed by atoms with van der Waals surface area (Å²) < 4.78 is 5.24. The zero-order chi connectivity index (χ0) is 18.9. The normalized spacial score (nSPS) is 22.7. The van der Waals surface area contributed by atoms with E-state index in [4.69, 9.17) is 4.74 Å². The summed E-state index contributed by atoms with van der Waals surface area (Å²) in [7, 11) is 1.80. The molecule has 0 N–H and O–H groups in total. The number of hydrogen-bond donors (Lipinski definition) is 0. The second-order valence-corrected chi connectivity index (χ2v) is 8.26. The molecule has 0 radical (unpaired) electrons. The molecule has 0 bridgehead atoms. The summed E-state index contributed by atoms with van der Waals surface area (Å²) in [5.74, 6) is 0.817. The maximum Gasteiger partial charge on any atom is 0.0589 e. The molecule has 2 saturated heterocycles. The molecule has 2 aliphatic heterocycles. The topological polar surface area (TPSA) is 31.8 Å². The molecule has 0 aromatic carbocycles. The van der Waals surface area contributed by atoms with E-state index in [2.05, 4.69) is 38.7 Å². The van der Waals surface area contributed by atoms with Crippen molar-refractivity contribution < 1.29 is 4.74 Å². The summed E-state index contributed by atoms with van der Waals surface area (Å²) >= 11 is 0. The fourth-order valence-corrected chi connectivity index (χ4v) is 4.75. The summed E-state index contributed by atoms with van der Waals surface area (Å²) in [6.45, 7) is 12.6. The molecule has 5 nitrogen and oxygen atoms in total. The quantitative estimate of drug-likeness (QED) is 0.629. The van der Waals surface area contributed by atoms with Crippen molar-refractivity contribution in [2.45, 2.75) is 45.2 Å². The lowest BCUT2D eigenvalue weighted by Crippen LogP contribution is -2.44. The van der Waals surface area contributed by atoms with Crippen LogP contribution < -0.4 is 0 Å². The van der Waals surface area contributed by atoms with Gasteiger partial charge in [0.15, 0.2) is 0 Å². The molecule has 0 saturated carbocycles. The van der Waals surface area contributed by atoms with Crippen LogP contribution in [0.15, 0.2) is 24.5 Å². The first-order valence-electron chi connectivity index (χ1n) is 10.8. The Bertz CT molecular complexity index is 518. The number of methoxy groups -OCH3 is 1. The highest BCUT2D eigenvalue weighted by Crippen LogP contribution is 2.23. The van der Waals surface area contributed by atoms with E-state index in [1.165, 1.54) is 70.5 Å². The van der Waals surface area contributed by atoms with Gasteiger partial charge >= 0.3 is 0 Å². The third-order valence-corrected chi connectivity index (χ3v) is 6.34. The van der Waals surface area contributed by atoms with Crippen LogP contribution in [-0.2, 0) is 11.3 Å². The average molecular weight is 375 g/mol. The maximum absolute atomic E-state index is 5.24. The van der Waals surface area contributed by atoms with Crippen molar-refractivity contribution in [3.8, 4) is 0 Å². The van der Waals surface area contributed by atoms with Crippen LogP contribution in [0.5, 0.6) is 0 Å². The fraction of sp³-hybridized carbons (Fsp3) is 0.773. The third-order valence-electron chi connectivity index (χ3n) is 6.34. The van der Waals surface area contributed by atoms with Gasteiger partial charge in [0.25, 0.3) is 0 Å². The Labute approximate surface area is 165 Å². The lowest BCUT2D eigenvalue weighted by atomic mass is 9.95. The van der Waals surface area contributed by atoms with Gasteiger partial charge in [0.1, 0.15) is 0 Å². The number of likely N-dealkylation sites (tertiary alicyclic amines) is 2. The second kappa shape index (κ2) is 11.1. The summed E-state index contributed by atoms with van der Waals surface area (Å²) in [6.07, 6.45) is 9.25. The van der Waals surface area contributed by atoms with Gasteiger partial charge < -0.3 is 9.64 Å². The molecule has 3 heterocycles. The highest BCUT2D eigenvalue weighted by atomic mass is 16.5. The van der Waals surface area contributed by atoms with Crippen LogP contribution in [0.1, 0.15) is 38.2 Å². The Kier molecular flexibility index (Phi) is 8.52. The number of likely N-dealkylation sites (N-methyl/N-ethyl adjacent to an activating group) is 1. The van der Waals surface area contributed by atoms with Crippen LogP contribution in [0.3, 0.4) is 0 Å². The van der Waals surface area contributed by atoms with Crippen molar-refractivity contribution >= 4 is 0 Å². The number of hydrogen-bond acceptors (Lipinski definition) is 5. The van der Waals surface area contributed by atoms with Gasteiger partial charge in [-0.1, -0.05) is 13.0 Å². The second-order valence-electron chi connectivity index (χ2n) is 8.26. The fourth-order valence-electron chi connectivity index (χ4n) is 4.75. The standard InChI is InChI=1S/C22H38N4O/c1-3-26-11-5-7-22(26)19-25(18-21-6-4-10-23-16-21)17-20-8-12-24(13-9-20)14-15-27-2/h4,6,10,16,20,22H,3,5,7-9,11-15,17-19H2,1-2H3. The monoisotopic (exact) mass is 374 g/mol. The summed E-state index contributed by atoms with van der Waals surface area (Å²) in [6, 6.07) is 5.02. The molecule has 0 amide bonds. The van der Waals surface area contributed by atoms with Gasteiger partial charge in [-0.15, -0.1) is 0 Å². The lowest BCUT2D eigenvalue weighted by molar-refractivity contribution is 0.0964. The first-order valence-corrected chi connectivity index (χ1v) is 10.8. The van der Waals surface area contributed by atoms with Gasteiger partial charge in [-0.25, -0.2) is 0 Å². The minimum atomic E-state index is 0.730. The molecule has 152 valence electrons. The SMILES string of the molecule is CCN1CCCC1CN(Cc1cccnc1)CC1CCN(CCOC)CC1. The molecular formula is C22H38N4O. The van der Waals surface area contributed by atoms with E-state index < -0.39 is 0 Å². The van der Waals surface area contributed by atoms with Crippen LogP contribution >= 0.6 is 0 Å². The molecule has 5 heteroatoms. The Morgan fingerprint density at radius 1 is 1.19 bits per heavy atom. The van der Waals surface area contributed by atoms with E-state index in [0.717, 1.165) is 31.7 Å². The lowest BCUT2D eigenvalue weighted by Gasteiger charge is -2.36. The van der Waals surface area contributed by atoms with Crippen molar-refractivity contribution in [1.29, 1.82) is 0 Å². The van der Waals surface area contributed by atoms with Gasteiger partial charge in [0.05, 0.1) is 6.61 Å². The van der Waals surface area contributed by atoms with Crippen molar-refractivity contribution in [3.63, 3.8) is 0 Å². The van der Waals surface area contributed by atoms with Crippen LogP contribution in [0, 0.1) is 5.92 Å². The van der Waals surface area contributed by atoms with Gasteiger partial charge in [-0.3, -0.25) is 14.8 Å². The van der Waals surface area contributed by atoms with Crippen molar-refractivity contribution in [3.05, 3.63) is 30.1 Å². The summed E-state index contributed by atoms with van der Waals surface area (Å²) in [4.78, 5) is 12.3. The van der Waals surface area contributed by atoms with Crippen LogP contribution in [0.25, 0.3) is 0 Å². The molecule has 2 aliphatic rings. The molecule has 1 atom stereocenters. The van der Waals surface area contributed by atoms with Crippen molar-refractivity contribution in [2.75, 3.05) is 59.5 Å². The van der Waals surface area contributed by atoms with Gasteiger partial charge in [-0.05, 0) is 69.4 Å². The van der Waals surface area contributed by atoms with Gasteiger partial charge in [0, 0.05) is 51.7 Å². The number of pyridine rings is 1. The molecule has 2 fully saturated rings. The Morgan fingerprint density at radius 2 is 2.04 bits per heavy atom.